The van der Waals surface area contributed by atoms with Crippen LogP contribution in [0, 0.1) is 0 Å². The van der Waals surface area contributed by atoms with Gasteiger partial charge in [-0.2, -0.15) is 0 Å². The van der Waals surface area contributed by atoms with E-state index in [1.54, 1.807) is 0 Å². The highest BCUT2D eigenvalue weighted by Crippen LogP contribution is 2.22. The number of hydrogen-bond donors (Lipinski definition) is 1. The summed E-state index contributed by atoms with van der Waals surface area (Å²) in [6, 6.07) is 8.40. The van der Waals surface area contributed by atoms with Crippen molar-refractivity contribution in [3.8, 4) is 0 Å². The number of nitrogens with one attached hydrogen (secondary N) is 1. The standard InChI is InChI=1S/C17H24N2O2/c1-17(2,3)14-9-6-13(7-10-14)8-11-15(20)18-19-12-4-5-16(19)21/h6-7,9-10H,4-5,8,11-12H2,1-3H3,(H,18,20). The van der Waals surface area contributed by atoms with E-state index in [2.05, 4.69) is 50.5 Å². The molecular weight excluding hydrogens is 264 g/mol. The van der Waals surface area contributed by atoms with Gasteiger partial charge in [-0.3, -0.25) is 20.0 Å². The summed E-state index contributed by atoms with van der Waals surface area (Å²) in [5.74, 6) is -0.0805. The molecule has 1 aliphatic heterocycles. The quantitative estimate of drug-likeness (QED) is 0.925. The van der Waals surface area contributed by atoms with E-state index >= 15 is 0 Å². The third-order valence-corrected chi connectivity index (χ3v) is 3.79. The maximum atomic E-state index is 11.8. The Balaban J connectivity index is 1.82. The van der Waals surface area contributed by atoms with E-state index in [0.717, 1.165) is 12.0 Å². The molecule has 0 radical (unpaired) electrons. The third kappa shape index (κ3) is 4.31. The molecule has 114 valence electrons. The topological polar surface area (TPSA) is 49.4 Å². The Kier molecular flexibility index (Phi) is 4.66. The lowest BCUT2D eigenvalue weighted by Crippen LogP contribution is -2.42. The van der Waals surface area contributed by atoms with Crippen LogP contribution in [0.1, 0.15) is 51.2 Å². The van der Waals surface area contributed by atoms with E-state index in [0.29, 0.717) is 25.8 Å². The van der Waals surface area contributed by atoms with Crippen molar-refractivity contribution in [1.82, 2.24) is 10.4 Å². The first-order chi connectivity index (χ1) is 9.86. The highest BCUT2D eigenvalue weighted by Gasteiger charge is 2.21. The predicted molar refractivity (Wildman–Crippen MR) is 82.6 cm³/mol. The van der Waals surface area contributed by atoms with Crippen molar-refractivity contribution in [3.63, 3.8) is 0 Å². The molecule has 0 saturated carbocycles. The van der Waals surface area contributed by atoms with Crippen molar-refractivity contribution in [1.29, 1.82) is 0 Å². The van der Waals surface area contributed by atoms with Gasteiger partial charge in [-0.15, -0.1) is 0 Å². The van der Waals surface area contributed by atoms with Crippen molar-refractivity contribution in [2.75, 3.05) is 6.54 Å². The van der Waals surface area contributed by atoms with E-state index < -0.39 is 0 Å². The average molecular weight is 288 g/mol. The lowest BCUT2D eigenvalue weighted by Gasteiger charge is -2.19. The normalized spacial score (nSPS) is 15.4. The van der Waals surface area contributed by atoms with Crippen LogP contribution in [0.15, 0.2) is 24.3 Å². The molecule has 1 heterocycles. The summed E-state index contributed by atoms with van der Waals surface area (Å²) >= 11 is 0. The molecule has 2 amide bonds. The van der Waals surface area contributed by atoms with Gasteiger partial charge in [0.05, 0.1) is 0 Å². The lowest BCUT2D eigenvalue weighted by atomic mass is 9.86. The molecule has 4 heteroatoms. The molecular formula is C17H24N2O2. The van der Waals surface area contributed by atoms with Gasteiger partial charge in [-0.1, -0.05) is 45.0 Å². The molecule has 0 unspecified atom stereocenters. The number of rotatable bonds is 4. The first-order valence-corrected chi connectivity index (χ1v) is 7.55. The zero-order valence-corrected chi connectivity index (χ0v) is 13.1. The molecule has 1 N–H and O–H groups in total. The number of carbonyl (C=O) groups is 2. The van der Waals surface area contributed by atoms with E-state index in [4.69, 9.17) is 0 Å². The van der Waals surface area contributed by atoms with Gasteiger partial charge in [-0.05, 0) is 29.4 Å². The molecule has 1 aromatic carbocycles. The van der Waals surface area contributed by atoms with Crippen LogP contribution < -0.4 is 5.43 Å². The molecule has 0 aromatic heterocycles. The molecule has 0 bridgehead atoms. The van der Waals surface area contributed by atoms with Crippen molar-refractivity contribution < 1.29 is 9.59 Å². The molecule has 0 spiro atoms. The number of benzene rings is 1. The van der Waals surface area contributed by atoms with Crippen LogP contribution in [0.5, 0.6) is 0 Å². The number of aryl methyl sites for hydroxylation is 1. The summed E-state index contributed by atoms with van der Waals surface area (Å²) in [6.07, 6.45) is 2.46. The zero-order chi connectivity index (χ0) is 15.5. The summed E-state index contributed by atoms with van der Waals surface area (Å²) in [5.41, 5.74) is 5.26. The highest BCUT2D eigenvalue weighted by molar-refractivity contribution is 5.83. The fourth-order valence-electron chi connectivity index (χ4n) is 2.40. The minimum absolute atomic E-state index is 0.0119. The van der Waals surface area contributed by atoms with Crippen LogP contribution in [-0.2, 0) is 21.4 Å². The maximum absolute atomic E-state index is 11.8. The second kappa shape index (κ2) is 6.29. The molecule has 1 saturated heterocycles. The van der Waals surface area contributed by atoms with Crippen LogP contribution in [0.4, 0.5) is 0 Å². The number of hydrazine groups is 1. The number of carbonyl (C=O) groups excluding carboxylic acids is 2. The van der Waals surface area contributed by atoms with Gasteiger partial charge in [0, 0.05) is 19.4 Å². The third-order valence-electron chi connectivity index (χ3n) is 3.79. The Bertz CT molecular complexity index is 515. The maximum Gasteiger partial charge on any atom is 0.241 e. The van der Waals surface area contributed by atoms with Crippen LogP contribution in [-0.4, -0.2) is 23.4 Å². The van der Waals surface area contributed by atoms with Crippen molar-refractivity contribution in [2.45, 2.75) is 51.9 Å². The molecule has 4 nitrogen and oxygen atoms in total. The Morgan fingerprint density at radius 3 is 2.43 bits per heavy atom. The number of hydrogen-bond acceptors (Lipinski definition) is 2. The monoisotopic (exact) mass is 288 g/mol. The van der Waals surface area contributed by atoms with Gasteiger partial charge in [0.1, 0.15) is 0 Å². The van der Waals surface area contributed by atoms with Gasteiger partial charge in [0.25, 0.3) is 0 Å². The minimum Gasteiger partial charge on any atom is -0.273 e. The van der Waals surface area contributed by atoms with E-state index in [-0.39, 0.29) is 17.2 Å². The Morgan fingerprint density at radius 2 is 1.90 bits per heavy atom. The molecule has 0 aliphatic carbocycles. The van der Waals surface area contributed by atoms with Crippen LogP contribution in [0.2, 0.25) is 0 Å². The van der Waals surface area contributed by atoms with E-state index in [1.807, 2.05) is 0 Å². The first kappa shape index (κ1) is 15.5. The van der Waals surface area contributed by atoms with Gasteiger partial charge < -0.3 is 0 Å². The summed E-state index contributed by atoms with van der Waals surface area (Å²) in [7, 11) is 0. The summed E-state index contributed by atoms with van der Waals surface area (Å²) in [6.45, 7) is 7.18. The molecule has 21 heavy (non-hydrogen) atoms. The average Bonchev–Trinajstić information content (AvgIpc) is 2.81. The van der Waals surface area contributed by atoms with Gasteiger partial charge in [0.2, 0.25) is 11.8 Å². The smallest absolute Gasteiger partial charge is 0.241 e. The molecule has 2 rings (SSSR count). The Morgan fingerprint density at radius 1 is 1.24 bits per heavy atom. The zero-order valence-electron chi connectivity index (χ0n) is 13.1. The highest BCUT2D eigenvalue weighted by atomic mass is 16.2. The van der Waals surface area contributed by atoms with Crippen LogP contribution in [0.25, 0.3) is 0 Å². The van der Waals surface area contributed by atoms with Crippen molar-refractivity contribution in [2.24, 2.45) is 0 Å². The van der Waals surface area contributed by atoms with Crippen LogP contribution >= 0.6 is 0 Å². The second-order valence-electron chi connectivity index (χ2n) is 6.63. The van der Waals surface area contributed by atoms with Gasteiger partial charge in [0.15, 0.2) is 0 Å². The Hall–Kier alpha value is -1.84. The first-order valence-electron chi connectivity index (χ1n) is 7.55. The van der Waals surface area contributed by atoms with E-state index in [1.165, 1.54) is 10.6 Å². The Labute approximate surface area is 126 Å². The second-order valence-corrected chi connectivity index (χ2v) is 6.63. The summed E-state index contributed by atoms with van der Waals surface area (Å²) < 4.78 is 0. The fourth-order valence-corrected chi connectivity index (χ4v) is 2.40. The fraction of sp³-hybridized carbons (Fsp3) is 0.529. The number of nitrogens with zero attached hydrogens (tertiary/aromatic N) is 1. The predicted octanol–water partition coefficient (Wildman–Crippen LogP) is 2.57. The molecule has 1 aromatic rings. The van der Waals surface area contributed by atoms with Crippen LogP contribution in [0.3, 0.4) is 0 Å². The summed E-state index contributed by atoms with van der Waals surface area (Å²) in [4.78, 5) is 23.3. The SMILES string of the molecule is CC(C)(C)c1ccc(CCC(=O)NN2CCCC2=O)cc1. The molecule has 1 fully saturated rings. The van der Waals surface area contributed by atoms with Crippen molar-refractivity contribution in [3.05, 3.63) is 35.4 Å². The van der Waals surface area contributed by atoms with Gasteiger partial charge in [-0.25, -0.2) is 0 Å². The molecule has 1 aliphatic rings. The van der Waals surface area contributed by atoms with Crippen molar-refractivity contribution >= 4 is 11.8 Å². The largest absolute Gasteiger partial charge is 0.273 e. The molecule has 0 atom stereocenters. The van der Waals surface area contributed by atoms with E-state index in [9.17, 15) is 9.59 Å². The summed E-state index contributed by atoms with van der Waals surface area (Å²) in [5, 5.41) is 1.44. The number of amides is 2. The lowest BCUT2D eigenvalue weighted by molar-refractivity contribution is -0.138. The van der Waals surface area contributed by atoms with Gasteiger partial charge >= 0.3 is 0 Å². The minimum atomic E-state index is -0.0925.